The van der Waals surface area contributed by atoms with Gasteiger partial charge in [0.15, 0.2) is 22.1 Å². The molecule has 2 aromatic carbocycles. The van der Waals surface area contributed by atoms with Crippen molar-refractivity contribution in [1.82, 2.24) is 4.98 Å². The molecule has 204 valence electrons. The standard InChI is InChI=1S/C31H34N2O5S/c1-7-9-10-13-37-23-12-11-21(16-25(23)36-8-2)27-26-28(34)22-14-17(3)18(4)15-24(22)38-29(26)30(35)33(27)31-32-19(5)20(6)39-31/h11-12,14-16,27H,7-10,13H2,1-6H3. The van der Waals surface area contributed by atoms with Crippen LogP contribution in [0.3, 0.4) is 0 Å². The zero-order valence-corrected chi connectivity index (χ0v) is 24.2. The Kier molecular flexibility index (Phi) is 7.49. The van der Waals surface area contributed by atoms with Crippen molar-refractivity contribution < 1.29 is 18.7 Å². The lowest BCUT2D eigenvalue weighted by atomic mass is 9.97. The van der Waals surface area contributed by atoms with Crippen molar-refractivity contribution in [2.45, 2.75) is 66.8 Å². The van der Waals surface area contributed by atoms with Crippen molar-refractivity contribution in [2.75, 3.05) is 18.1 Å². The minimum atomic E-state index is -0.715. The Labute approximate surface area is 232 Å². The van der Waals surface area contributed by atoms with E-state index in [0.717, 1.165) is 46.5 Å². The van der Waals surface area contributed by atoms with Crippen LogP contribution in [0.15, 0.2) is 39.5 Å². The highest BCUT2D eigenvalue weighted by Gasteiger charge is 2.45. The molecule has 1 aliphatic rings. The summed E-state index contributed by atoms with van der Waals surface area (Å²) in [6, 6.07) is 8.59. The SMILES string of the molecule is CCCCCOc1ccc(C2c3c(oc4cc(C)c(C)cc4c3=O)C(=O)N2c2nc(C)c(C)s2)cc1OCC. The van der Waals surface area contributed by atoms with Gasteiger partial charge in [-0.2, -0.15) is 0 Å². The summed E-state index contributed by atoms with van der Waals surface area (Å²) in [6.07, 6.45) is 3.16. The molecule has 0 fully saturated rings. The van der Waals surface area contributed by atoms with Gasteiger partial charge in [0.05, 0.1) is 35.9 Å². The molecule has 0 aliphatic carbocycles. The number of nitrogens with zero attached hydrogens (tertiary/aromatic N) is 2. The van der Waals surface area contributed by atoms with Gasteiger partial charge in [0.2, 0.25) is 5.76 Å². The molecule has 39 heavy (non-hydrogen) atoms. The number of ether oxygens (including phenoxy) is 2. The molecule has 0 radical (unpaired) electrons. The van der Waals surface area contributed by atoms with E-state index in [4.69, 9.17) is 13.9 Å². The summed E-state index contributed by atoms with van der Waals surface area (Å²) in [4.78, 5) is 35.2. The maximum absolute atomic E-state index is 14.0. The van der Waals surface area contributed by atoms with Crippen LogP contribution in [0, 0.1) is 27.7 Å². The number of rotatable bonds is 9. The minimum Gasteiger partial charge on any atom is -0.490 e. The number of aromatic nitrogens is 1. The molecule has 1 unspecified atom stereocenters. The predicted octanol–water partition coefficient (Wildman–Crippen LogP) is 7.20. The van der Waals surface area contributed by atoms with Crippen molar-refractivity contribution in [3.63, 3.8) is 0 Å². The third kappa shape index (κ3) is 4.82. The van der Waals surface area contributed by atoms with Crippen LogP contribution < -0.4 is 19.8 Å². The van der Waals surface area contributed by atoms with Crippen LogP contribution in [-0.2, 0) is 0 Å². The highest BCUT2D eigenvalue weighted by molar-refractivity contribution is 7.15. The predicted molar refractivity (Wildman–Crippen MR) is 155 cm³/mol. The van der Waals surface area contributed by atoms with Gasteiger partial charge in [0, 0.05) is 4.88 Å². The number of unbranched alkanes of at least 4 members (excludes halogenated alkanes) is 2. The summed E-state index contributed by atoms with van der Waals surface area (Å²) in [7, 11) is 0. The molecule has 2 aromatic heterocycles. The zero-order chi connectivity index (χ0) is 27.8. The van der Waals surface area contributed by atoms with E-state index < -0.39 is 6.04 Å². The van der Waals surface area contributed by atoms with E-state index in [0.29, 0.717) is 46.4 Å². The third-order valence-electron chi connectivity index (χ3n) is 7.30. The first-order chi connectivity index (χ1) is 18.7. The fourth-order valence-corrected chi connectivity index (χ4v) is 5.85. The summed E-state index contributed by atoms with van der Waals surface area (Å²) in [6.45, 7) is 12.9. The topological polar surface area (TPSA) is 81.9 Å². The number of amides is 1. The summed E-state index contributed by atoms with van der Waals surface area (Å²) in [5, 5.41) is 0.990. The van der Waals surface area contributed by atoms with Gasteiger partial charge in [-0.05, 0) is 82.0 Å². The Morgan fingerprint density at radius 2 is 1.74 bits per heavy atom. The summed E-state index contributed by atoms with van der Waals surface area (Å²) in [5.74, 6) is 0.906. The first-order valence-corrected chi connectivity index (χ1v) is 14.3. The molecule has 1 amide bonds. The summed E-state index contributed by atoms with van der Waals surface area (Å²) in [5.41, 5.74) is 4.08. The van der Waals surface area contributed by atoms with Crippen LogP contribution >= 0.6 is 11.3 Å². The molecular weight excluding hydrogens is 512 g/mol. The monoisotopic (exact) mass is 546 g/mol. The molecule has 0 saturated heterocycles. The normalized spacial score (nSPS) is 14.8. The molecule has 1 atom stereocenters. The van der Waals surface area contributed by atoms with Crippen LogP contribution in [0.1, 0.15) is 82.5 Å². The van der Waals surface area contributed by atoms with Gasteiger partial charge in [-0.25, -0.2) is 4.98 Å². The number of carbonyl (C=O) groups excluding carboxylic acids is 1. The molecule has 0 spiro atoms. The van der Waals surface area contributed by atoms with Crippen molar-refractivity contribution in [3.05, 3.63) is 79.1 Å². The number of aryl methyl sites for hydroxylation is 4. The van der Waals surface area contributed by atoms with Crippen molar-refractivity contribution in [1.29, 1.82) is 0 Å². The number of thiazole rings is 1. The molecular formula is C31H34N2O5S. The van der Waals surface area contributed by atoms with Gasteiger partial charge in [-0.15, -0.1) is 11.3 Å². The average molecular weight is 547 g/mol. The molecule has 3 heterocycles. The second kappa shape index (κ2) is 10.8. The Bertz CT molecular complexity index is 1600. The number of hydrogen-bond acceptors (Lipinski definition) is 7. The van der Waals surface area contributed by atoms with E-state index in [2.05, 4.69) is 11.9 Å². The Hall–Kier alpha value is -3.65. The number of benzene rings is 2. The molecule has 8 heteroatoms. The average Bonchev–Trinajstić information content (AvgIpc) is 3.39. The lowest BCUT2D eigenvalue weighted by molar-refractivity contribution is 0.0971. The maximum atomic E-state index is 14.0. The van der Waals surface area contributed by atoms with Gasteiger partial charge in [0.1, 0.15) is 5.58 Å². The molecule has 0 N–H and O–H groups in total. The van der Waals surface area contributed by atoms with Crippen molar-refractivity contribution in [2.24, 2.45) is 0 Å². The summed E-state index contributed by atoms with van der Waals surface area (Å²) >= 11 is 1.43. The van der Waals surface area contributed by atoms with Crippen LogP contribution in [0.4, 0.5) is 5.13 Å². The first-order valence-electron chi connectivity index (χ1n) is 13.5. The maximum Gasteiger partial charge on any atom is 0.297 e. The van der Waals surface area contributed by atoms with Gasteiger partial charge < -0.3 is 13.9 Å². The Morgan fingerprint density at radius 1 is 0.974 bits per heavy atom. The highest BCUT2D eigenvalue weighted by Crippen LogP contribution is 2.44. The second-order valence-electron chi connectivity index (χ2n) is 10.0. The van der Waals surface area contributed by atoms with Crippen molar-refractivity contribution >= 4 is 33.3 Å². The highest BCUT2D eigenvalue weighted by atomic mass is 32.1. The van der Waals surface area contributed by atoms with Crippen molar-refractivity contribution in [3.8, 4) is 11.5 Å². The fourth-order valence-electron chi connectivity index (χ4n) is 4.92. The quantitative estimate of drug-likeness (QED) is 0.207. The molecule has 4 aromatic rings. The van der Waals surface area contributed by atoms with E-state index >= 15 is 0 Å². The largest absolute Gasteiger partial charge is 0.490 e. The Balaban J connectivity index is 1.70. The lowest BCUT2D eigenvalue weighted by Crippen LogP contribution is -2.29. The van der Waals surface area contributed by atoms with Crippen LogP contribution in [0.2, 0.25) is 0 Å². The first kappa shape index (κ1) is 26.9. The smallest absolute Gasteiger partial charge is 0.297 e. The van der Waals surface area contributed by atoms with Crippen LogP contribution in [0.5, 0.6) is 11.5 Å². The van der Waals surface area contributed by atoms with E-state index in [-0.39, 0.29) is 17.1 Å². The molecule has 5 rings (SSSR count). The van der Waals surface area contributed by atoms with Gasteiger partial charge in [0.25, 0.3) is 5.91 Å². The fraction of sp³-hybridized carbons (Fsp3) is 0.387. The van der Waals surface area contributed by atoms with Gasteiger partial charge >= 0.3 is 0 Å². The number of anilines is 1. The summed E-state index contributed by atoms with van der Waals surface area (Å²) < 4.78 is 18.2. The van der Waals surface area contributed by atoms with Gasteiger partial charge in [-0.3, -0.25) is 14.5 Å². The molecule has 1 aliphatic heterocycles. The molecule has 0 saturated carbocycles. The lowest BCUT2D eigenvalue weighted by Gasteiger charge is -2.23. The second-order valence-corrected chi connectivity index (χ2v) is 11.2. The number of hydrogen-bond donors (Lipinski definition) is 0. The number of fused-ring (bicyclic) bond motifs is 2. The van der Waals surface area contributed by atoms with Gasteiger partial charge in [-0.1, -0.05) is 25.8 Å². The Morgan fingerprint density at radius 3 is 2.44 bits per heavy atom. The van der Waals surface area contributed by atoms with Crippen LogP contribution in [-0.4, -0.2) is 24.1 Å². The number of carbonyl (C=O) groups is 1. The van der Waals surface area contributed by atoms with E-state index in [1.807, 2.05) is 65.0 Å². The van der Waals surface area contributed by atoms with Crippen LogP contribution in [0.25, 0.3) is 11.0 Å². The molecule has 7 nitrogen and oxygen atoms in total. The molecule has 0 bridgehead atoms. The minimum absolute atomic E-state index is 0.0594. The van der Waals surface area contributed by atoms with E-state index in [1.54, 1.807) is 4.90 Å². The van der Waals surface area contributed by atoms with E-state index in [9.17, 15) is 9.59 Å². The third-order valence-corrected chi connectivity index (χ3v) is 8.37. The van der Waals surface area contributed by atoms with E-state index in [1.165, 1.54) is 11.3 Å². The zero-order valence-electron chi connectivity index (χ0n) is 23.3.